The number of hydrogen-bond acceptors (Lipinski definition) is 4. The fourth-order valence-corrected chi connectivity index (χ4v) is 6.35. The Morgan fingerprint density at radius 1 is 0.800 bits per heavy atom. The first-order valence-electron chi connectivity index (χ1n) is 14.8. The second kappa shape index (κ2) is 14.1. The molecule has 0 aliphatic heterocycles. The summed E-state index contributed by atoms with van der Waals surface area (Å²) in [6, 6.07) is 27.4. The topological polar surface area (TPSA) is 86.8 Å². The van der Waals surface area contributed by atoms with E-state index in [2.05, 4.69) is 5.32 Å². The van der Waals surface area contributed by atoms with Crippen molar-refractivity contribution in [1.29, 1.82) is 0 Å². The summed E-state index contributed by atoms with van der Waals surface area (Å²) in [6.07, 6.45) is 0.185. The van der Waals surface area contributed by atoms with E-state index in [9.17, 15) is 22.4 Å². The lowest BCUT2D eigenvalue weighted by Crippen LogP contribution is -2.56. The summed E-state index contributed by atoms with van der Waals surface area (Å²) in [5, 5.41) is 3.00. The Balaban J connectivity index is 1.81. The summed E-state index contributed by atoms with van der Waals surface area (Å²) in [7, 11) is -4.19. The first-order chi connectivity index (χ1) is 21.2. The molecule has 0 saturated heterocycles. The van der Waals surface area contributed by atoms with Gasteiger partial charge in [-0.25, -0.2) is 12.8 Å². The van der Waals surface area contributed by atoms with Gasteiger partial charge in [-0.3, -0.25) is 13.9 Å². The first kappa shape index (κ1) is 33.4. The van der Waals surface area contributed by atoms with Crippen LogP contribution in [0.5, 0.6) is 0 Å². The van der Waals surface area contributed by atoms with E-state index in [1.54, 1.807) is 42.5 Å². The van der Waals surface area contributed by atoms with E-state index in [4.69, 9.17) is 0 Å². The number of benzene rings is 4. The standard InChI is InChI=1S/C36H40FN3O4S/c1-26-14-20-32(21-15-26)45(43,44)40(31-13-9-10-27(2)22-31)25-34(41)39(24-29-16-18-30(37)19-17-29)33(35(42)38-36(3,4)5)23-28-11-7-6-8-12-28/h6-22,33H,23-25H2,1-5H3,(H,38,42)/t33-/m0/s1. The molecule has 0 saturated carbocycles. The van der Waals surface area contributed by atoms with Gasteiger partial charge in [0, 0.05) is 18.5 Å². The van der Waals surface area contributed by atoms with Gasteiger partial charge < -0.3 is 10.2 Å². The fourth-order valence-electron chi connectivity index (χ4n) is 4.94. The van der Waals surface area contributed by atoms with Gasteiger partial charge in [0.05, 0.1) is 10.6 Å². The van der Waals surface area contributed by atoms with Crippen LogP contribution < -0.4 is 9.62 Å². The zero-order valence-electron chi connectivity index (χ0n) is 26.3. The number of nitrogens with zero attached hydrogens (tertiary/aromatic N) is 2. The van der Waals surface area contributed by atoms with Gasteiger partial charge in [0.2, 0.25) is 11.8 Å². The molecule has 1 N–H and O–H groups in total. The number of sulfonamides is 1. The number of amides is 2. The molecule has 0 aromatic heterocycles. The molecule has 0 heterocycles. The van der Waals surface area contributed by atoms with Crippen molar-refractivity contribution in [2.75, 3.05) is 10.8 Å². The Labute approximate surface area is 265 Å². The van der Waals surface area contributed by atoms with Crippen LogP contribution in [0.1, 0.15) is 43.0 Å². The monoisotopic (exact) mass is 629 g/mol. The van der Waals surface area contributed by atoms with Gasteiger partial charge in [-0.05, 0) is 87.7 Å². The van der Waals surface area contributed by atoms with E-state index in [1.807, 2.05) is 71.0 Å². The number of carbonyl (C=O) groups excluding carboxylic acids is 2. The van der Waals surface area contributed by atoms with Gasteiger partial charge in [0.25, 0.3) is 10.0 Å². The zero-order valence-corrected chi connectivity index (χ0v) is 27.1. The van der Waals surface area contributed by atoms with E-state index in [-0.39, 0.29) is 23.8 Å². The van der Waals surface area contributed by atoms with Gasteiger partial charge in [0.15, 0.2) is 0 Å². The highest BCUT2D eigenvalue weighted by Crippen LogP contribution is 2.26. The summed E-state index contributed by atoms with van der Waals surface area (Å²) in [5.41, 5.74) is 2.86. The van der Waals surface area contributed by atoms with Crippen LogP contribution in [0.25, 0.3) is 0 Å². The molecule has 1 atom stereocenters. The van der Waals surface area contributed by atoms with E-state index in [1.165, 1.54) is 29.2 Å². The maximum Gasteiger partial charge on any atom is 0.264 e. The third kappa shape index (κ3) is 9.01. The molecule has 45 heavy (non-hydrogen) atoms. The Kier molecular flexibility index (Phi) is 10.4. The second-order valence-electron chi connectivity index (χ2n) is 12.3. The van der Waals surface area contributed by atoms with Crippen LogP contribution in [-0.4, -0.2) is 43.3 Å². The van der Waals surface area contributed by atoms with Crippen molar-refractivity contribution >= 4 is 27.5 Å². The highest BCUT2D eigenvalue weighted by molar-refractivity contribution is 7.92. The summed E-state index contributed by atoms with van der Waals surface area (Å²) in [4.78, 5) is 29.8. The highest BCUT2D eigenvalue weighted by atomic mass is 32.2. The minimum absolute atomic E-state index is 0.0406. The van der Waals surface area contributed by atoms with Crippen LogP contribution in [-0.2, 0) is 32.6 Å². The average Bonchev–Trinajstić information content (AvgIpc) is 2.98. The molecule has 7 nitrogen and oxygen atoms in total. The number of halogens is 1. The molecular weight excluding hydrogens is 589 g/mol. The lowest BCUT2D eigenvalue weighted by atomic mass is 10.0. The number of hydrogen-bond donors (Lipinski definition) is 1. The Hall–Kier alpha value is -4.50. The molecular formula is C36H40FN3O4S. The lowest BCUT2D eigenvalue weighted by Gasteiger charge is -2.35. The van der Waals surface area contributed by atoms with E-state index >= 15 is 0 Å². The molecule has 4 rings (SSSR count). The van der Waals surface area contributed by atoms with Gasteiger partial charge in [0.1, 0.15) is 18.4 Å². The van der Waals surface area contributed by atoms with Crippen LogP contribution >= 0.6 is 0 Å². The zero-order chi connectivity index (χ0) is 32.8. The molecule has 0 fully saturated rings. The summed E-state index contributed by atoms with van der Waals surface area (Å²) >= 11 is 0. The summed E-state index contributed by atoms with van der Waals surface area (Å²) < 4.78 is 43.2. The number of rotatable bonds is 11. The number of carbonyl (C=O) groups is 2. The van der Waals surface area contributed by atoms with Crippen LogP contribution in [0, 0.1) is 19.7 Å². The minimum Gasteiger partial charge on any atom is -0.350 e. The fraction of sp³-hybridized carbons (Fsp3) is 0.278. The number of aryl methyl sites for hydroxylation is 2. The molecule has 0 bridgehead atoms. The van der Waals surface area contributed by atoms with Crippen molar-refractivity contribution in [3.8, 4) is 0 Å². The molecule has 2 amide bonds. The molecule has 0 aliphatic rings. The minimum atomic E-state index is -4.19. The van der Waals surface area contributed by atoms with Crippen molar-refractivity contribution in [3.63, 3.8) is 0 Å². The number of anilines is 1. The van der Waals surface area contributed by atoms with Crippen molar-refractivity contribution in [2.45, 2.75) is 64.1 Å². The van der Waals surface area contributed by atoms with Crippen LogP contribution in [0.2, 0.25) is 0 Å². The van der Waals surface area contributed by atoms with Gasteiger partial charge in [-0.1, -0.05) is 72.3 Å². The van der Waals surface area contributed by atoms with E-state index < -0.39 is 39.9 Å². The van der Waals surface area contributed by atoms with Crippen LogP contribution in [0.15, 0.2) is 108 Å². The maximum atomic E-state index is 14.5. The smallest absolute Gasteiger partial charge is 0.264 e. The summed E-state index contributed by atoms with van der Waals surface area (Å²) in [6.45, 7) is 8.66. The second-order valence-corrected chi connectivity index (χ2v) is 14.1. The van der Waals surface area contributed by atoms with Gasteiger partial charge in [-0.15, -0.1) is 0 Å². The molecule has 0 radical (unpaired) electrons. The Bertz CT molecular complexity index is 1720. The van der Waals surface area contributed by atoms with Crippen molar-refractivity contribution in [3.05, 3.63) is 131 Å². The molecule has 0 spiro atoms. The Morgan fingerprint density at radius 2 is 1.44 bits per heavy atom. The van der Waals surface area contributed by atoms with Gasteiger partial charge in [-0.2, -0.15) is 0 Å². The first-order valence-corrected chi connectivity index (χ1v) is 16.2. The lowest BCUT2D eigenvalue weighted by molar-refractivity contribution is -0.140. The normalized spacial score (nSPS) is 12.3. The quantitative estimate of drug-likeness (QED) is 0.214. The third-order valence-electron chi connectivity index (χ3n) is 7.21. The summed E-state index contributed by atoms with van der Waals surface area (Å²) in [5.74, 6) is -1.40. The molecule has 0 unspecified atom stereocenters. The third-order valence-corrected chi connectivity index (χ3v) is 9.00. The molecule has 4 aromatic rings. The SMILES string of the molecule is Cc1ccc(S(=O)(=O)N(CC(=O)N(Cc2ccc(F)cc2)[C@@H](Cc2ccccc2)C(=O)NC(C)(C)C)c2cccc(C)c2)cc1. The predicted octanol–water partition coefficient (Wildman–Crippen LogP) is 6.19. The van der Waals surface area contributed by atoms with Crippen molar-refractivity contribution < 1.29 is 22.4 Å². The highest BCUT2D eigenvalue weighted by Gasteiger charge is 2.35. The largest absolute Gasteiger partial charge is 0.350 e. The molecule has 0 aliphatic carbocycles. The predicted molar refractivity (Wildman–Crippen MR) is 176 cm³/mol. The van der Waals surface area contributed by atoms with Crippen LogP contribution in [0.3, 0.4) is 0 Å². The molecule has 4 aromatic carbocycles. The van der Waals surface area contributed by atoms with Gasteiger partial charge >= 0.3 is 0 Å². The average molecular weight is 630 g/mol. The molecule has 236 valence electrons. The van der Waals surface area contributed by atoms with Crippen molar-refractivity contribution in [2.24, 2.45) is 0 Å². The Morgan fingerprint density at radius 3 is 2.04 bits per heavy atom. The number of nitrogens with one attached hydrogen (secondary N) is 1. The van der Waals surface area contributed by atoms with E-state index in [0.717, 1.165) is 21.0 Å². The van der Waals surface area contributed by atoms with Crippen LogP contribution in [0.4, 0.5) is 10.1 Å². The van der Waals surface area contributed by atoms with E-state index in [0.29, 0.717) is 11.3 Å². The molecule has 9 heteroatoms. The maximum absolute atomic E-state index is 14.5. The van der Waals surface area contributed by atoms with Crippen molar-refractivity contribution in [1.82, 2.24) is 10.2 Å².